The topological polar surface area (TPSA) is 0 Å². The Labute approximate surface area is 86.7 Å². The molecule has 0 N–H and O–H groups in total. The Morgan fingerprint density at radius 3 is 2.31 bits per heavy atom. The third-order valence-corrected chi connectivity index (χ3v) is 4.81. The molecule has 0 aliphatic carbocycles. The van der Waals surface area contributed by atoms with Gasteiger partial charge in [-0.3, -0.25) is 0 Å². The van der Waals surface area contributed by atoms with Crippen LogP contribution in [0.25, 0.3) is 0 Å². The number of halogens is 1. The molecule has 2 unspecified atom stereocenters. The molecule has 13 heavy (non-hydrogen) atoms. The lowest BCUT2D eigenvalue weighted by Gasteiger charge is -2.49. The highest BCUT2D eigenvalue weighted by Crippen LogP contribution is 2.35. The van der Waals surface area contributed by atoms with Crippen molar-refractivity contribution in [2.24, 2.45) is 5.92 Å². The van der Waals surface area contributed by atoms with Gasteiger partial charge in [0.15, 0.2) is 5.50 Å². The van der Waals surface area contributed by atoms with Crippen LogP contribution in [-0.2, 0) is 0 Å². The average molecular weight is 203 g/mol. The second-order valence-electron chi connectivity index (χ2n) is 4.94. The lowest BCUT2D eigenvalue weighted by molar-refractivity contribution is -0.951. The molecule has 1 spiro atoms. The third kappa shape index (κ3) is 1.73. The summed E-state index contributed by atoms with van der Waals surface area (Å²) in [6, 6.07) is 0. The van der Waals surface area contributed by atoms with Crippen LogP contribution in [0.3, 0.4) is 0 Å². The maximum absolute atomic E-state index is 6.57. The molecule has 0 amide bonds. The summed E-state index contributed by atoms with van der Waals surface area (Å²) in [6.45, 7) is 6.36. The number of rotatable bonds is 0. The molecule has 0 aromatic carbocycles. The molecule has 2 saturated heterocycles. The van der Waals surface area contributed by atoms with E-state index in [-0.39, 0.29) is 0 Å². The molecule has 2 heteroatoms. The van der Waals surface area contributed by atoms with Gasteiger partial charge in [0, 0.05) is 5.92 Å². The first-order valence-electron chi connectivity index (χ1n) is 5.74. The quantitative estimate of drug-likeness (QED) is 0.322. The monoisotopic (exact) mass is 202 g/mol. The van der Waals surface area contributed by atoms with Gasteiger partial charge in [0.05, 0.1) is 19.6 Å². The van der Waals surface area contributed by atoms with Crippen LogP contribution in [0.1, 0.15) is 39.0 Å². The van der Waals surface area contributed by atoms with Gasteiger partial charge in [-0.25, -0.2) is 0 Å². The van der Waals surface area contributed by atoms with E-state index in [4.69, 9.17) is 11.6 Å². The van der Waals surface area contributed by atoms with Crippen LogP contribution < -0.4 is 0 Å². The molecule has 0 bridgehead atoms. The first-order chi connectivity index (χ1) is 6.25. The summed E-state index contributed by atoms with van der Waals surface area (Å²) >= 11 is 6.57. The van der Waals surface area contributed by atoms with Gasteiger partial charge in [0.2, 0.25) is 0 Å². The average Bonchev–Trinajstić information content (AvgIpc) is 2.16. The molecule has 2 atom stereocenters. The van der Waals surface area contributed by atoms with Crippen molar-refractivity contribution in [2.75, 3.05) is 19.6 Å². The Balaban J connectivity index is 2.09. The predicted molar refractivity (Wildman–Crippen MR) is 56.8 cm³/mol. The summed E-state index contributed by atoms with van der Waals surface area (Å²) < 4.78 is 1.24. The number of hydrogen-bond donors (Lipinski definition) is 0. The second-order valence-corrected chi connectivity index (χ2v) is 5.39. The van der Waals surface area contributed by atoms with Gasteiger partial charge in [-0.15, -0.1) is 0 Å². The Morgan fingerprint density at radius 1 is 1.00 bits per heavy atom. The van der Waals surface area contributed by atoms with Crippen molar-refractivity contribution >= 4 is 11.6 Å². The number of hydrogen-bond acceptors (Lipinski definition) is 0. The molecule has 2 heterocycles. The smallest absolute Gasteiger partial charge is 0.167 e. The molecule has 2 aliphatic rings. The normalized spacial score (nSPS) is 39.2. The molecule has 0 radical (unpaired) electrons. The number of piperidine rings is 2. The fraction of sp³-hybridized carbons (Fsp3) is 1.00. The minimum absolute atomic E-state index is 0.411. The largest absolute Gasteiger partial charge is 0.308 e. The molecule has 76 valence electrons. The van der Waals surface area contributed by atoms with Crippen molar-refractivity contribution in [1.82, 2.24) is 0 Å². The number of alkyl halides is 1. The minimum atomic E-state index is 0.411. The highest BCUT2D eigenvalue weighted by molar-refractivity contribution is 6.19. The molecule has 1 nitrogen and oxygen atoms in total. The summed E-state index contributed by atoms with van der Waals surface area (Å²) in [4.78, 5) is 0. The van der Waals surface area contributed by atoms with E-state index in [1.54, 1.807) is 0 Å². The highest BCUT2D eigenvalue weighted by Gasteiger charge is 2.42. The summed E-state index contributed by atoms with van der Waals surface area (Å²) in [5.41, 5.74) is 0.411. The summed E-state index contributed by atoms with van der Waals surface area (Å²) in [7, 11) is 0. The van der Waals surface area contributed by atoms with Gasteiger partial charge in [0.1, 0.15) is 0 Å². The van der Waals surface area contributed by atoms with E-state index in [0.29, 0.717) is 5.50 Å². The molecular formula is C11H21ClN+. The number of quaternary nitrogens is 1. The van der Waals surface area contributed by atoms with E-state index >= 15 is 0 Å². The van der Waals surface area contributed by atoms with Crippen LogP contribution in [-0.4, -0.2) is 29.6 Å². The van der Waals surface area contributed by atoms with E-state index in [0.717, 1.165) is 5.92 Å². The fourth-order valence-electron chi connectivity index (χ4n) is 3.14. The van der Waals surface area contributed by atoms with Gasteiger partial charge in [0.25, 0.3) is 0 Å². The van der Waals surface area contributed by atoms with Crippen molar-refractivity contribution < 1.29 is 4.48 Å². The zero-order chi connectivity index (χ0) is 9.31. The molecule has 0 aromatic heterocycles. The lowest BCUT2D eigenvalue weighted by Crippen LogP contribution is -2.60. The van der Waals surface area contributed by atoms with Gasteiger partial charge in [-0.2, -0.15) is 0 Å². The summed E-state index contributed by atoms with van der Waals surface area (Å²) in [6.07, 6.45) is 6.96. The van der Waals surface area contributed by atoms with Crippen molar-refractivity contribution in [1.29, 1.82) is 0 Å². The van der Waals surface area contributed by atoms with Crippen molar-refractivity contribution in [3.8, 4) is 0 Å². The maximum atomic E-state index is 6.57. The van der Waals surface area contributed by atoms with Gasteiger partial charge in [-0.1, -0.05) is 18.5 Å². The number of nitrogens with zero attached hydrogens (tertiary/aromatic N) is 1. The SMILES string of the molecule is CC1CCC[N+]2(CCCCC2)C1Cl. The van der Waals surface area contributed by atoms with Crippen molar-refractivity contribution in [2.45, 2.75) is 44.5 Å². The standard InChI is InChI=1S/C11H21ClN/c1-10-6-5-9-13(11(10)12)7-3-2-4-8-13/h10-11H,2-9H2,1H3/q+1. The van der Waals surface area contributed by atoms with E-state index < -0.39 is 0 Å². The zero-order valence-electron chi connectivity index (χ0n) is 8.64. The van der Waals surface area contributed by atoms with E-state index in [2.05, 4.69) is 6.92 Å². The Morgan fingerprint density at radius 2 is 1.62 bits per heavy atom. The fourth-order valence-corrected chi connectivity index (χ4v) is 3.56. The molecule has 2 aliphatic heterocycles. The van der Waals surface area contributed by atoms with Crippen LogP contribution >= 0.6 is 11.6 Å². The Bertz CT molecular complexity index is 169. The molecular weight excluding hydrogens is 182 g/mol. The Kier molecular flexibility index (Phi) is 2.85. The van der Waals surface area contributed by atoms with Crippen molar-refractivity contribution in [3.63, 3.8) is 0 Å². The van der Waals surface area contributed by atoms with Crippen molar-refractivity contribution in [3.05, 3.63) is 0 Å². The predicted octanol–water partition coefficient (Wildman–Crippen LogP) is 2.98. The maximum Gasteiger partial charge on any atom is 0.167 e. The minimum Gasteiger partial charge on any atom is -0.308 e. The van der Waals surface area contributed by atoms with Crippen LogP contribution in [0, 0.1) is 5.92 Å². The van der Waals surface area contributed by atoms with Crippen LogP contribution in [0.2, 0.25) is 0 Å². The van der Waals surface area contributed by atoms with Gasteiger partial charge >= 0.3 is 0 Å². The first-order valence-corrected chi connectivity index (χ1v) is 6.18. The van der Waals surface area contributed by atoms with Crippen LogP contribution in [0.4, 0.5) is 0 Å². The lowest BCUT2D eigenvalue weighted by atomic mass is 9.94. The third-order valence-electron chi connectivity index (χ3n) is 3.96. The van der Waals surface area contributed by atoms with E-state index in [9.17, 15) is 0 Å². The van der Waals surface area contributed by atoms with E-state index in [1.807, 2.05) is 0 Å². The van der Waals surface area contributed by atoms with Gasteiger partial charge in [-0.05, 0) is 32.1 Å². The Hall–Kier alpha value is 0.250. The van der Waals surface area contributed by atoms with E-state index in [1.165, 1.54) is 56.2 Å². The van der Waals surface area contributed by atoms with Gasteiger partial charge < -0.3 is 4.48 Å². The first kappa shape index (κ1) is 9.79. The van der Waals surface area contributed by atoms with Crippen LogP contribution in [0.5, 0.6) is 0 Å². The molecule has 0 aromatic rings. The molecule has 2 rings (SSSR count). The summed E-state index contributed by atoms with van der Waals surface area (Å²) in [5.74, 6) is 0.730. The molecule has 0 saturated carbocycles. The molecule has 2 fully saturated rings. The van der Waals surface area contributed by atoms with Crippen LogP contribution in [0.15, 0.2) is 0 Å². The zero-order valence-corrected chi connectivity index (χ0v) is 9.39. The highest BCUT2D eigenvalue weighted by atomic mass is 35.5. The second kappa shape index (κ2) is 3.78. The summed E-state index contributed by atoms with van der Waals surface area (Å²) in [5, 5.41) is 0.